The first-order chi connectivity index (χ1) is 13.2. The predicted molar refractivity (Wildman–Crippen MR) is 98.9 cm³/mol. The van der Waals surface area contributed by atoms with Crippen molar-refractivity contribution in [2.45, 2.75) is 6.42 Å². The first kappa shape index (κ1) is 17.0. The Labute approximate surface area is 155 Å². The molecule has 2 aromatic carbocycles. The Morgan fingerprint density at radius 2 is 1.85 bits per heavy atom. The van der Waals surface area contributed by atoms with Gasteiger partial charge >= 0.3 is 5.97 Å². The number of para-hydroxylation sites is 2. The summed E-state index contributed by atoms with van der Waals surface area (Å²) >= 11 is 0. The molecule has 1 aromatic heterocycles. The van der Waals surface area contributed by atoms with E-state index in [9.17, 15) is 9.59 Å². The molecule has 0 aliphatic carbocycles. The van der Waals surface area contributed by atoms with E-state index < -0.39 is 5.97 Å². The van der Waals surface area contributed by atoms with Crippen LogP contribution in [-0.4, -0.2) is 42.1 Å². The summed E-state index contributed by atoms with van der Waals surface area (Å²) in [5.41, 5.74) is 2.60. The van der Waals surface area contributed by atoms with Crippen molar-refractivity contribution in [3.8, 4) is 5.88 Å². The lowest BCUT2D eigenvalue weighted by Crippen LogP contribution is -2.33. The summed E-state index contributed by atoms with van der Waals surface area (Å²) in [4.78, 5) is 34.5. The number of benzene rings is 2. The minimum absolute atomic E-state index is 0.106. The zero-order valence-electron chi connectivity index (χ0n) is 14.7. The number of carbonyl (C=O) groups excluding carboxylic acids is 2. The van der Waals surface area contributed by atoms with Gasteiger partial charge in [-0.25, -0.2) is 9.78 Å². The lowest BCUT2D eigenvalue weighted by molar-refractivity contribution is -0.120. The molecule has 7 heteroatoms. The van der Waals surface area contributed by atoms with Gasteiger partial charge in [0.05, 0.1) is 18.0 Å². The van der Waals surface area contributed by atoms with E-state index in [0.29, 0.717) is 17.4 Å². The average Bonchev–Trinajstić information content (AvgIpc) is 3.15. The standard InChI is InChI=1S/C20H17N3O4/c1-26-20(25)18-21-15-8-4-3-7-14(15)19(22-18)27-12-17(24)23-11-10-13-6-2-5-9-16(13)23/h2-9H,10-12H2,1H3. The van der Waals surface area contributed by atoms with Crippen LogP contribution >= 0.6 is 0 Å². The van der Waals surface area contributed by atoms with Crippen LogP contribution in [0.2, 0.25) is 0 Å². The summed E-state index contributed by atoms with van der Waals surface area (Å²) < 4.78 is 10.4. The second-order valence-electron chi connectivity index (χ2n) is 6.07. The third-order valence-corrected chi connectivity index (χ3v) is 4.46. The fourth-order valence-electron chi connectivity index (χ4n) is 3.15. The van der Waals surface area contributed by atoms with Crippen LogP contribution < -0.4 is 9.64 Å². The van der Waals surface area contributed by atoms with Crippen molar-refractivity contribution in [2.24, 2.45) is 0 Å². The van der Waals surface area contributed by atoms with Crippen LogP contribution in [0, 0.1) is 0 Å². The highest BCUT2D eigenvalue weighted by Gasteiger charge is 2.25. The van der Waals surface area contributed by atoms with E-state index in [0.717, 1.165) is 17.7 Å². The number of methoxy groups -OCH3 is 1. The molecular weight excluding hydrogens is 346 g/mol. The van der Waals surface area contributed by atoms with E-state index in [4.69, 9.17) is 9.47 Å². The van der Waals surface area contributed by atoms with Crippen molar-refractivity contribution >= 4 is 28.5 Å². The molecule has 3 aromatic rings. The van der Waals surface area contributed by atoms with E-state index in [-0.39, 0.29) is 24.2 Å². The summed E-state index contributed by atoms with van der Waals surface area (Å²) in [6.45, 7) is 0.440. The second-order valence-corrected chi connectivity index (χ2v) is 6.07. The molecule has 136 valence electrons. The highest BCUT2D eigenvalue weighted by molar-refractivity contribution is 5.97. The van der Waals surface area contributed by atoms with Gasteiger partial charge in [0.25, 0.3) is 5.91 Å². The molecule has 2 heterocycles. The fourth-order valence-corrected chi connectivity index (χ4v) is 3.15. The second kappa shape index (κ2) is 7.03. The number of ether oxygens (including phenoxy) is 2. The number of anilines is 1. The van der Waals surface area contributed by atoms with Crippen LogP contribution in [0.1, 0.15) is 16.2 Å². The normalized spacial score (nSPS) is 12.7. The van der Waals surface area contributed by atoms with Crippen LogP contribution in [0.25, 0.3) is 10.9 Å². The zero-order chi connectivity index (χ0) is 18.8. The number of amides is 1. The van der Waals surface area contributed by atoms with E-state index in [1.54, 1.807) is 23.1 Å². The Kier molecular flexibility index (Phi) is 4.42. The van der Waals surface area contributed by atoms with Gasteiger partial charge in [-0.2, -0.15) is 4.98 Å². The Morgan fingerprint density at radius 3 is 2.70 bits per heavy atom. The summed E-state index contributed by atoms with van der Waals surface area (Å²) in [7, 11) is 1.26. The van der Waals surface area contributed by atoms with Gasteiger partial charge in [0.15, 0.2) is 6.61 Å². The molecule has 0 radical (unpaired) electrons. The highest BCUT2D eigenvalue weighted by Crippen LogP contribution is 2.28. The summed E-state index contributed by atoms with van der Waals surface area (Å²) in [6.07, 6.45) is 0.824. The van der Waals surface area contributed by atoms with Gasteiger partial charge in [0, 0.05) is 12.2 Å². The molecule has 27 heavy (non-hydrogen) atoms. The Morgan fingerprint density at radius 1 is 1.07 bits per heavy atom. The van der Waals surface area contributed by atoms with Crippen molar-refractivity contribution < 1.29 is 19.1 Å². The van der Waals surface area contributed by atoms with Gasteiger partial charge < -0.3 is 14.4 Å². The van der Waals surface area contributed by atoms with Crippen molar-refractivity contribution in [3.05, 3.63) is 59.9 Å². The van der Waals surface area contributed by atoms with Gasteiger partial charge in [0.1, 0.15) is 0 Å². The SMILES string of the molecule is COC(=O)c1nc(OCC(=O)N2CCc3ccccc32)c2ccccc2n1. The van der Waals surface area contributed by atoms with Gasteiger partial charge in [0.2, 0.25) is 11.7 Å². The maximum absolute atomic E-state index is 12.7. The first-order valence-corrected chi connectivity index (χ1v) is 8.53. The van der Waals surface area contributed by atoms with Crippen LogP contribution in [0.3, 0.4) is 0 Å². The Balaban J connectivity index is 1.58. The molecule has 1 aliphatic rings. The largest absolute Gasteiger partial charge is 0.467 e. The lowest BCUT2D eigenvalue weighted by atomic mass is 10.2. The lowest BCUT2D eigenvalue weighted by Gasteiger charge is -2.17. The van der Waals surface area contributed by atoms with E-state index in [1.165, 1.54) is 7.11 Å². The average molecular weight is 363 g/mol. The van der Waals surface area contributed by atoms with Crippen LogP contribution in [0.15, 0.2) is 48.5 Å². The summed E-state index contributed by atoms with van der Waals surface area (Å²) in [5, 5.41) is 0.625. The van der Waals surface area contributed by atoms with Gasteiger partial charge in [-0.05, 0) is 30.2 Å². The Hall–Kier alpha value is -3.48. The van der Waals surface area contributed by atoms with Crippen molar-refractivity contribution in [3.63, 3.8) is 0 Å². The zero-order valence-corrected chi connectivity index (χ0v) is 14.7. The quantitative estimate of drug-likeness (QED) is 0.662. The summed E-state index contributed by atoms with van der Waals surface area (Å²) in [6, 6.07) is 15.0. The molecule has 0 saturated carbocycles. The molecule has 0 atom stereocenters. The van der Waals surface area contributed by atoms with Crippen LogP contribution in [-0.2, 0) is 16.0 Å². The minimum atomic E-state index is -0.662. The number of esters is 1. The molecule has 7 nitrogen and oxygen atoms in total. The molecule has 0 unspecified atom stereocenters. The van der Waals surface area contributed by atoms with Crippen LogP contribution in [0.4, 0.5) is 5.69 Å². The summed E-state index contributed by atoms with van der Waals surface area (Å²) in [5.74, 6) is -0.750. The number of aromatic nitrogens is 2. The number of nitrogens with zero attached hydrogens (tertiary/aromatic N) is 3. The predicted octanol–water partition coefficient (Wildman–Crippen LogP) is 2.38. The number of hydrogen-bond donors (Lipinski definition) is 0. The number of rotatable bonds is 4. The molecule has 0 bridgehead atoms. The monoisotopic (exact) mass is 363 g/mol. The van der Waals surface area contributed by atoms with Gasteiger partial charge in [-0.15, -0.1) is 0 Å². The van der Waals surface area contributed by atoms with Crippen molar-refractivity contribution in [1.82, 2.24) is 9.97 Å². The smallest absolute Gasteiger partial charge is 0.376 e. The maximum atomic E-state index is 12.7. The number of hydrogen-bond acceptors (Lipinski definition) is 6. The molecule has 0 N–H and O–H groups in total. The molecule has 4 rings (SSSR count). The third kappa shape index (κ3) is 3.19. The molecule has 0 saturated heterocycles. The Bertz CT molecular complexity index is 1030. The molecule has 1 amide bonds. The minimum Gasteiger partial charge on any atom is -0.467 e. The topological polar surface area (TPSA) is 81.6 Å². The number of fused-ring (bicyclic) bond motifs is 2. The molecule has 0 fully saturated rings. The molecule has 1 aliphatic heterocycles. The highest BCUT2D eigenvalue weighted by atomic mass is 16.5. The van der Waals surface area contributed by atoms with Gasteiger partial charge in [-0.3, -0.25) is 4.79 Å². The van der Waals surface area contributed by atoms with E-state index in [2.05, 4.69) is 9.97 Å². The fraction of sp³-hybridized carbons (Fsp3) is 0.200. The van der Waals surface area contributed by atoms with Crippen LogP contribution in [0.5, 0.6) is 5.88 Å². The first-order valence-electron chi connectivity index (χ1n) is 8.53. The number of carbonyl (C=O) groups is 2. The van der Waals surface area contributed by atoms with E-state index >= 15 is 0 Å². The van der Waals surface area contributed by atoms with Crippen molar-refractivity contribution in [2.75, 3.05) is 25.2 Å². The van der Waals surface area contributed by atoms with Crippen molar-refractivity contribution in [1.29, 1.82) is 0 Å². The van der Waals surface area contributed by atoms with E-state index in [1.807, 2.05) is 30.3 Å². The molecule has 0 spiro atoms. The van der Waals surface area contributed by atoms with Gasteiger partial charge in [-0.1, -0.05) is 30.3 Å². The maximum Gasteiger partial charge on any atom is 0.376 e. The third-order valence-electron chi connectivity index (χ3n) is 4.46. The molecular formula is C20H17N3O4.